The van der Waals surface area contributed by atoms with Crippen LogP contribution in [-0.4, -0.2) is 22.6 Å². The van der Waals surface area contributed by atoms with Crippen LogP contribution < -0.4 is 0 Å². The number of imidazole rings is 1. The molecule has 0 aliphatic heterocycles. The standard InChI is InChI=1S/C14H13F3N2O2/c1-19-10-4-3-8(14(15,16)17)7-9(10)18-11(19)13(5-6-13)12(20)21-2/h3-4,7H,5-6H2,1-2H3. The summed E-state index contributed by atoms with van der Waals surface area (Å²) in [6.07, 6.45) is -3.21. The molecule has 0 bridgehead atoms. The Balaban J connectivity index is 2.14. The first-order valence-electron chi connectivity index (χ1n) is 6.42. The number of ether oxygens (including phenoxy) is 1. The molecule has 1 aromatic carbocycles. The van der Waals surface area contributed by atoms with E-state index in [0.717, 1.165) is 12.1 Å². The Kier molecular flexibility index (Phi) is 2.80. The van der Waals surface area contributed by atoms with Crippen LogP contribution in [0.2, 0.25) is 0 Å². The highest BCUT2D eigenvalue weighted by molar-refractivity contribution is 5.87. The summed E-state index contributed by atoms with van der Waals surface area (Å²) in [5, 5.41) is 0. The van der Waals surface area contributed by atoms with Crippen molar-refractivity contribution in [3.05, 3.63) is 29.6 Å². The number of alkyl halides is 3. The monoisotopic (exact) mass is 298 g/mol. The molecular weight excluding hydrogens is 285 g/mol. The number of carbonyl (C=O) groups is 1. The number of aryl methyl sites for hydroxylation is 1. The van der Waals surface area contributed by atoms with Crippen LogP contribution in [0.5, 0.6) is 0 Å². The second-order valence-corrected chi connectivity index (χ2v) is 5.27. The molecule has 1 aliphatic carbocycles. The van der Waals surface area contributed by atoms with Crippen LogP contribution >= 0.6 is 0 Å². The molecule has 2 aromatic rings. The zero-order chi connectivity index (χ0) is 15.4. The molecule has 0 N–H and O–H groups in total. The normalized spacial score (nSPS) is 17.0. The number of aromatic nitrogens is 2. The lowest BCUT2D eigenvalue weighted by Gasteiger charge is -2.12. The highest BCUT2D eigenvalue weighted by Crippen LogP contribution is 2.49. The van der Waals surface area contributed by atoms with Gasteiger partial charge in [-0.1, -0.05) is 0 Å². The number of methoxy groups -OCH3 is 1. The van der Waals surface area contributed by atoms with Crippen molar-refractivity contribution in [3.63, 3.8) is 0 Å². The van der Waals surface area contributed by atoms with Gasteiger partial charge in [-0.2, -0.15) is 13.2 Å². The predicted octanol–water partition coefficient (Wildman–Crippen LogP) is 2.80. The number of esters is 1. The topological polar surface area (TPSA) is 44.1 Å². The van der Waals surface area contributed by atoms with Crippen LogP contribution in [0.3, 0.4) is 0 Å². The quantitative estimate of drug-likeness (QED) is 0.801. The van der Waals surface area contributed by atoms with E-state index < -0.39 is 23.1 Å². The lowest BCUT2D eigenvalue weighted by atomic mass is 10.1. The Morgan fingerprint density at radius 3 is 2.57 bits per heavy atom. The average molecular weight is 298 g/mol. The molecule has 1 fully saturated rings. The summed E-state index contributed by atoms with van der Waals surface area (Å²) in [5.74, 6) is 0.0700. The van der Waals surface area contributed by atoms with Gasteiger partial charge >= 0.3 is 12.1 Å². The van der Waals surface area contributed by atoms with Crippen molar-refractivity contribution in [2.75, 3.05) is 7.11 Å². The molecule has 1 heterocycles. The zero-order valence-corrected chi connectivity index (χ0v) is 11.5. The molecular formula is C14H13F3N2O2. The summed E-state index contributed by atoms with van der Waals surface area (Å²) in [6.45, 7) is 0. The Labute approximate surface area is 118 Å². The Morgan fingerprint density at radius 2 is 2.05 bits per heavy atom. The first-order valence-corrected chi connectivity index (χ1v) is 6.42. The summed E-state index contributed by atoms with van der Waals surface area (Å²) < 4.78 is 44.7. The summed E-state index contributed by atoms with van der Waals surface area (Å²) in [5.41, 5.74) is -0.755. The van der Waals surface area contributed by atoms with E-state index in [4.69, 9.17) is 4.74 Å². The van der Waals surface area contributed by atoms with Crippen molar-refractivity contribution in [1.29, 1.82) is 0 Å². The van der Waals surface area contributed by atoms with Crippen molar-refractivity contribution < 1.29 is 22.7 Å². The number of nitrogens with zero attached hydrogens (tertiary/aromatic N) is 2. The number of rotatable bonds is 2. The van der Waals surface area contributed by atoms with E-state index in [1.165, 1.54) is 13.2 Å². The fourth-order valence-electron chi connectivity index (χ4n) is 2.64. The summed E-state index contributed by atoms with van der Waals surface area (Å²) >= 11 is 0. The molecule has 3 rings (SSSR count). The molecule has 7 heteroatoms. The maximum atomic E-state index is 12.7. The van der Waals surface area contributed by atoms with Crippen molar-refractivity contribution in [2.45, 2.75) is 24.4 Å². The van der Waals surface area contributed by atoms with E-state index in [1.807, 2.05) is 0 Å². The minimum absolute atomic E-state index is 0.234. The highest BCUT2D eigenvalue weighted by atomic mass is 19.4. The van der Waals surface area contributed by atoms with Crippen LogP contribution in [0.15, 0.2) is 18.2 Å². The number of benzene rings is 1. The minimum atomic E-state index is -4.41. The van der Waals surface area contributed by atoms with Crippen molar-refractivity contribution >= 4 is 17.0 Å². The first-order chi connectivity index (χ1) is 9.79. The second kappa shape index (κ2) is 4.22. The van der Waals surface area contributed by atoms with Crippen LogP contribution in [0.4, 0.5) is 13.2 Å². The van der Waals surface area contributed by atoms with Gasteiger partial charge in [0.15, 0.2) is 0 Å². The average Bonchev–Trinajstić information content (AvgIpc) is 3.17. The van der Waals surface area contributed by atoms with E-state index >= 15 is 0 Å². The molecule has 1 aromatic heterocycles. The number of carbonyl (C=O) groups excluding carboxylic acids is 1. The Hall–Kier alpha value is -2.05. The predicted molar refractivity (Wildman–Crippen MR) is 68.6 cm³/mol. The molecule has 0 radical (unpaired) electrons. The van der Waals surface area contributed by atoms with E-state index in [0.29, 0.717) is 24.2 Å². The molecule has 112 valence electrons. The molecule has 0 spiro atoms. The third-order valence-electron chi connectivity index (χ3n) is 3.96. The number of halogens is 3. The number of fused-ring (bicyclic) bond motifs is 1. The minimum Gasteiger partial charge on any atom is -0.468 e. The first kappa shape index (κ1) is 13.9. The fraction of sp³-hybridized carbons (Fsp3) is 0.429. The molecule has 21 heavy (non-hydrogen) atoms. The molecule has 0 atom stereocenters. The van der Waals surface area contributed by atoms with Crippen molar-refractivity contribution in [1.82, 2.24) is 9.55 Å². The lowest BCUT2D eigenvalue weighted by molar-refractivity contribution is -0.144. The molecule has 0 saturated heterocycles. The second-order valence-electron chi connectivity index (χ2n) is 5.27. The summed E-state index contributed by atoms with van der Waals surface area (Å²) in [6, 6.07) is 3.40. The van der Waals surface area contributed by atoms with Gasteiger partial charge in [0.25, 0.3) is 0 Å². The number of hydrogen-bond acceptors (Lipinski definition) is 3. The summed E-state index contributed by atoms with van der Waals surface area (Å²) in [4.78, 5) is 16.1. The SMILES string of the molecule is COC(=O)C1(c2nc3cc(C(F)(F)F)ccc3n2C)CC1. The van der Waals surface area contributed by atoms with Gasteiger partial charge in [0.05, 0.1) is 23.7 Å². The van der Waals surface area contributed by atoms with E-state index in [9.17, 15) is 18.0 Å². The Bertz CT molecular complexity index is 730. The van der Waals surface area contributed by atoms with Gasteiger partial charge in [-0.15, -0.1) is 0 Å². The van der Waals surface area contributed by atoms with Crippen molar-refractivity contribution in [3.8, 4) is 0 Å². The fourth-order valence-corrected chi connectivity index (χ4v) is 2.64. The van der Waals surface area contributed by atoms with E-state index in [-0.39, 0.29) is 5.52 Å². The van der Waals surface area contributed by atoms with Gasteiger partial charge in [-0.05, 0) is 31.0 Å². The molecule has 0 amide bonds. The van der Waals surface area contributed by atoms with Crippen molar-refractivity contribution in [2.24, 2.45) is 7.05 Å². The van der Waals surface area contributed by atoms with E-state index in [1.54, 1.807) is 11.6 Å². The highest BCUT2D eigenvalue weighted by Gasteiger charge is 2.56. The van der Waals surface area contributed by atoms with E-state index in [2.05, 4.69) is 4.98 Å². The van der Waals surface area contributed by atoms with Gasteiger partial charge in [-0.3, -0.25) is 4.79 Å². The number of hydrogen-bond donors (Lipinski definition) is 0. The van der Waals surface area contributed by atoms with Crippen LogP contribution in [0, 0.1) is 0 Å². The van der Waals surface area contributed by atoms with Gasteiger partial charge in [0.2, 0.25) is 0 Å². The van der Waals surface area contributed by atoms with Gasteiger partial charge in [0, 0.05) is 7.05 Å². The van der Waals surface area contributed by atoms with Gasteiger partial charge in [0.1, 0.15) is 11.2 Å². The zero-order valence-electron chi connectivity index (χ0n) is 11.5. The maximum Gasteiger partial charge on any atom is 0.416 e. The van der Waals surface area contributed by atoms with Gasteiger partial charge < -0.3 is 9.30 Å². The third-order valence-corrected chi connectivity index (χ3v) is 3.96. The third kappa shape index (κ3) is 1.99. The summed E-state index contributed by atoms with van der Waals surface area (Å²) in [7, 11) is 2.99. The molecule has 4 nitrogen and oxygen atoms in total. The molecule has 1 aliphatic rings. The smallest absolute Gasteiger partial charge is 0.416 e. The van der Waals surface area contributed by atoms with Gasteiger partial charge in [-0.25, -0.2) is 4.98 Å². The van der Waals surface area contributed by atoms with Crippen LogP contribution in [0.1, 0.15) is 24.2 Å². The molecule has 1 saturated carbocycles. The lowest BCUT2D eigenvalue weighted by Crippen LogP contribution is -2.25. The van der Waals surface area contributed by atoms with Crippen LogP contribution in [0.25, 0.3) is 11.0 Å². The Morgan fingerprint density at radius 1 is 1.38 bits per heavy atom. The van der Waals surface area contributed by atoms with Crippen LogP contribution in [-0.2, 0) is 28.2 Å². The largest absolute Gasteiger partial charge is 0.468 e. The molecule has 0 unspecified atom stereocenters. The maximum absolute atomic E-state index is 12.7.